The van der Waals surface area contributed by atoms with Gasteiger partial charge in [0.2, 0.25) is 0 Å². The highest BCUT2D eigenvalue weighted by Crippen LogP contribution is 2.32. The average Bonchev–Trinajstić information content (AvgIpc) is 3.21. The number of carbonyl (C=O) groups is 2. The van der Waals surface area contributed by atoms with Crippen molar-refractivity contribution in [3.05, 3.63) is 23.5 Å². The lowest BCUT2D eigenvalue weighted by Gasteiger charge is -2.18. The molecule has 1 aliphatic carbocycles. The molecule has 1 saturated carbocycles. The summed E-state index contributed by atoms with van der Waals surface area (Å²) >= 11 is 0. The van der Waals surface area contributed by atoms with Gasteiger partial charge < -0.3 is 14.5 Å². The molecule has 2 rings (SSSR count). The number of ether oxygens (including phenoxy) is 1. The predicted octanol–water partition coefficient (Wildman–Crippen LogP) is 1.03. The Labute approximate surface area is 118 Å². The van der Waals surface area contributed by atoms with Crippen LogP contribution < -0.4 is 4.74 Å². The van der Waals surface area contributed by atoms with Crippen molar-refractivity contribution in [1.29, 1.82) is 0 Å². The van der Waals surface area contributed by atoms with E-state index in [0.29, 0.717) is 11.3 Å². The van der Waals surface area contributed by atoms with E-state index < -0.39 is 0 Å². The van der Waals surface area contributed by atoms with Crippen LogP contribution in [-0.4, -0.2) is 60.9 Å². The fourth-order valence-corrected chi connectivity index (χ4v) is 1.69. The molecule has 1 aromatic rings. The molecule has 1 heterocycles. The quantitative estimate of drug-likeness (QED) is 0.824. The lowest BCUT2D eigenvalue weighted by molar-refractivity contribution is 0.0811. The third-order valence-electron chi connectivity index (χ3n) is 2.96. The van der Waals surface area contributed by atoms with Crippen molar-refractivity contribution in [2.75, 3.05) is 28.2 Å². The maximum Gasteiger partial charge on any atom is 0.275 e. The molecule has 1 aromatic heterocycles. The number of aromatic nitrogens is 1. The van der Waals surface area contributed by atoms with Crippen LogP contribution >= 0.6 is 0 Å². The van der Waals surface area contributed by atoms with E-state index in [4.69, 9.17) is 4.74 Å². The Morgan fingerprint density at radius 2 is 1.75 bits per heavy atom. The number of pyridine rings is 1. The summed E-state index contributed by atoms with van der Waals surface area (Å²) in [7, 11) is 6.62. The minimum Gasteiger partial charge on any atom is -0.487 e. The van der Waals surface area contributed by atoms with Gasteiger partial charge in [0.25, 0.3) is 11.8 Å². The van der Waals surface area contributed by atoms with Crippen LogP contribution in [0.2, 0.25) is 0 Å². The molecule has 0 spiro atoms. The molecule has 0 unspecified atom stereocenters. The molecule has 0 bridgehead atoms. The van der Waals surface area contributed by atoms with Crippen LogP contribution in [0.5, 0.6) is 5.75 Å². The summed E-state index contributed by atoms with van der Waals surface area (Å²) in [5, 5.41) is 0. The van der Waals surface area contributed by atoms with Crippen molar-refractivity contribution in [2.24, 2.45) is 0 Å². The van der Waals surface area contributed by atoms with Gasteiger partial charge in [0.15, 0.2) is 11.4 Å². The van der Waals surface area contributed by atoms with Crippen molar-refractivity contribution in [3.63, 3.8) is 0 Å². The van der Waals surface area contributed by atoms with Crippen LogP contribution in [0.4, 0.5) is 0 Å². The fourth-order valence-electron chi connectivity index (χ4n) is 1.69. The smallest absolute Gasteiger partial charge is 0.275 e. The van der Waals surface area contributed by atoms with Crippen molar-refractivity contribution >= 4 is 11.8 Å². The van der Waals surface area contributed by atoms with Gasteiger partial charge in [0.1, 0.15) is 0 Å². The SMILES string of the molecule is CN(C)C(=O)c1ccnc(C(=O)N(C)C)c1OC1CC1. The lowest BCUT2D eigenvalue weighted by atomic mass is 10.1. The fraction of sp³-hybridized carbons (Fsp3) is 0.500. The van der Waals surface area contributed by atoms with E-state index in [9.17, 15) is 9.59 Å². The summed E-state index contributed by atoms with van der Waals surface area (Å²) < 4.78 is 5.77. The largest absolute Gasteiger partial charge is 0.487 e. The summed E-state index contributed by atoms with van der Waals surface area (Å²) in [5.74, 6) is -0.169. The van der Waals surface area contributed by atoms with E-state index in [1.807, 2.05) is 0 Å². The second-order valence-electron chi connectivity index (χ2n) is 5.25. The first-order valence-electron chi connectivity index (χ1n) is 6.50. The maximum atomic E-state index is 12.2. The van der Waals surface area contributed by atoms with Crippen LogP contribution in [0.1, 0.15) is 33.7 Å². The van der Waals surface area contributed by atoms with Gasteiger partial charge in [-0.1, -0.05) is 0 Å². The van der Waals surface area contributed by atoms with E-state index in [2.05, 4.69) is 4.98 Å². The van der Waals surface area contributed by atoms with Gasteiger partial charge in [0, 0.05) is 34.4 Å². The van der Waals surface area contributed by atoms with Crippen LogP contribution in [0.15, 0.2) is 12.3 Å². The molecule has 108 valence electrons. The first-order chi connectivity index (χ1) is 9.41. The van der Waals surface area contributed by atoms with Gasteiger partial charge in [-0.15, -0.1) is 0 Å². The zero-order valence-corrected chi connectivity index (χ0v) is 12.2. The second-order valence-corrected chi connectivity index (χ2v) is 5.25. The van der Waals surface area contributed by atoms with Crippen molar-refractivity contribution < 1.29 is 14.3 Å². The van der Waals surface area contributed by atoms with Gasteiger partial charge in [0.05, 0.1) is 11.7 Å². The van der Waals surface area contributed by atoms with E-state index in [1.54, 1.807) is 34.3 Å². The molecule has 0 radical (unpaired) electrons. The van der Waals surface area contributed by atoms with Crippen LogP contribution in [0, 0.1) is 0 Å². The number of carbonyl (C=O) groups excluding carboxylic acids is 2. The normalized spacial score (nSPS) is 13.8. The van der Waals surface area contributed by atoms with E-state index in [0.717, 1.165) is 12.8 Å². The van der Waals surface area contributed by atoms with Gasteiger partial charge in [-0.3, -0.25) is 9.59 Å². The van der Waals surface area contributed by atoms with E-state index >= 15 is 0 Å². The highest BCUT2D eigenvalue weighted by Gasteiger charge is 2.30. The van der Waals surface area contributed by atoms with Crippen LogP contribution in [0.3, 0.4) is 0 Å². The van der Waals surface area contributed by atoms with Gasteiger partial charge in [-0.2, -0.15) is 0 Å². The highest BCUT2D eigenvalue weighted by atomic mass is 16.5. The van der Waals surface area contributed by atoms with E-state index in [1.165, 1.54) is 16.0 Å². The Balaban J connectivity index is 2.47. The van der Waals surface area contributed by atoms with Crippen molar-refractivity contribution in [1.82, 2.24) is 14.8 Å². The molecule has 0 atom stereocenters. The molecule has 2 amide bonds. The molecule has 0 saturated heterocycles. The van der Waals surface area contributed by atoms with Gasteiger partial charge in [-0.05, 0) is 18.9 Å². The predicted molar refractivity (Wildman–Crippen MR) is 73.9 cm³/mol. The summed E-state index contributed by atoms with van der Waals surface area (Å²) in [6.45, 7) is 0. The highest BCUT2D eigenvalue weighted by molar-refractivity contribution is 6.02. The van der Waals surface area contributed by atoms with Crippen molar-refractivity contribution in [2.45, 2.75) is 18.9 Å². The van der Waals surface area contributed by atoms with E-state index in [-0.39, 0.29) is 23.6 Å². The molecule has 1 fully saturated rings. The zero-order chi connectivity index (χ0) is 14.9. The van der Waals surface area contributed by atoms with Crippen LogP contribution in [-0.2, 0) is 0 Å². The molecule has 20 heavy (non-hydrogen) atoms. The summed E-state index contributed by atoms with van der Waals surface area (Å²) in [6, 6.07) is 1.59. The summed E-state index contributed by atoms with van der Waals surface area (Å²) in [4.78, 5) is 31.4. The molecular formula is C14H19N3O3. The topological polar surface area (TPSA) is 62.7 Å². The average molecular weight is 277 g/mol. The number of hydrogen-bond acceptors (Lipinski definition) is 4. The van der Waals surface area contributed by atoms with Crippen LogP contribution in [0.25, 0.3) is 0 Å². The molecule has 0 aromatic carbocycles. The lowest BCUT2D eigenvalue weighted by Crippen LogP contribution is -2.27. The number of rotatable bonds is 4. The zero-order valence-electron chi connectivity index (χ0n) is 12.2. The van der Waals surface area contributed by atoms with Gasteiger partial charge in [-0.25, -0.2) is 4.98 Å². The Morgan fingerprint density at radius 3 is 2.25 bits per heavy atom. The molecule has 6 heteroatoms. The van der Waals surface area contributed by atoms with Crippen molar-refractivity contribution in [3.8, 4) is 5.75 Å². The maximum absolute atomic E-state index is 12.2. The van der Waals surface area contributed by atoms with Gasteiger partial charge >= 0.3 is 0 Å². The monoisotopic (exact) mass is 277 g/mol. The number of hydrogen-bond donors (Lipinski definition) is 0. The number of amides is 2. The second kappa shape index (κ2) is 5.48. The summed E-state index contributed by atoms with van der Waals surface area (Å²) in [5.41, 5.74) is 0.566. The third kappa shape index (κ3) is 2.89. The Morgan fingerprint density at radius 1 is 1.15 bits per heavy atom. The molecule has 1 aliphatic rings. The Hall–Kier alpha value is -2.11. The first-order valence-corrected chi connectivity index (χ1v) is 6.50. The standard InChI is InChI=1S/C14H19N3O3/c1-16(2)13(18)10-7-8-15-11(14(19)17(3)4)12(10)20-9-5-6-9/h7-9H,5-6H2,1-4H3. The minimum atomic E-state index is -0.269. The Bertz CT molecular complexity index is 498. The first kappa shape index (κ1) is 14.3. The molecule has 0 aliphatic heterocycles. The summed E-state index contributed by atoms with van der Waals surface area (Å²) in [6.07, 6.45) is 3.44. The number of nitrogens with zero attached hydrogens (tertiary/aromatic N) is 3. The Kier molecular flexibility index (Phi) is 3.92. The molecular weight excluding hydrogens is 258 g/mol. The minimum absolute atomic E-state index is 0.0848. The molecule has 0 N–H and O–H groups in total. The molecule has 6 nitrogen and oxygen atoms in total. The third-order valence-corrected chi connectivity index (χ3v) is 2.96.